The predicted octanol–water partition coefficient (Wildman–Crippen LogP) is 1.35. The minimum atomic E-state index is -0.521. The number of rotatable bonds is 3. The van der Waals surface area contributed by atoms with Crippen molar-refractivity contribution in [3.8, 4) is 5.69 Å². The summed E-state index contributed by atoms with van der Waals surface area (Å²) in [5.41, 5.74) is 2.08. The van der Waals surface area contributed by atoms with Crippen LogP contribution >= 0.6 is 0 Å². The second-order valence-corrected chi connectivity index (χ2v) is 5.52. The van der Waals surface area contributed by atoms with Gasteiger partial charge in [0, 0.05) is 6.54 Å². The van der Waals surface area contributed by atoms with Gasteiger partial charge in [-0.1, -0.05) is 6.07 Å². The van der Waals surface area contributed by atoms with Gasteiger partial charge in [-0.05, 0) is 37.5 Å². The van der Waals surface area contributed by atoms with Gasteiger partial charge in [0.2, 0.25) is 0 Å². The lowest BCUT2D eigenvalue weighted by molar-refractivity contribution is -0.145. The highest BCUT2D eigenvalue weighted by Crippen LogP contribution is 2.24. The standard InChI is InChI=1S/C16H18N4O3/c1-11-5-6-12(14(10-11)20-17-7-8-18-20)15(21)19-9-3-4-13(19)16(22)23-2/h5-8,10,13H,3-4,9H2,1-2H3/t13-/m0/s1. The van der Waals surface area contributed by atoms with Crippen molar-refractivity contribution in [1.82, 2.24) is 19.9 Å². The van der Waals surface area contributed by atoms with E-state index in [1.165, 1.54) is 11.9 Å². The minimum absolute atomic E-state index is 0.204. The molecule has 0 unspecified atom stereocenters. The molecule has 2 heterocycles. The number of aryl methyl sites for hydroxylation is 1. The highest BCUT2D eigenvalue weighted by molar-refractivity contribution is 6.00. The van der Waals surface area contributed by atoms with Crippen molar-refractivity contribution in [2.75, 3.05) is 13.7 Å². The maximum Gasteiger partial charge on any atom is 0.328 e. The SMILES string of the molecule is COC(=O)[C@@H]1CCCN1C(=O)c1ccc(C)cc1-n1nccn1. The first kappa shape index (κ1) is 15.2. The van der Waals surface area contributed by atoms with Gasteiger partial charge in [-0.15, -0.1) is 0 Å². The van der Waals surface area contributed by atoms with Crippen LogP contribution in [0.15, 0.2) is 30.6 Å². The monoisotopic (exact) mass is 314 g/mol. The van der Waals surface area contributed by atoms with Crippen LogP contribution in [0.1, 0.15) is 28.8 Å². The van der Waals surface area contributed by atoms with Crippen LogP contribution < -0.4 is 0 Å². The molecule has 1 aromatic heterocycles. The average molecular weight is 314 g/mol. The van der Waals surface area contributed by atoms with Gasteiger partial charge >= 0.3 is 5.97 Å². The Labute approximate surface area is 133 Å². The lowest BCUT2D eigenvalue weighted by Gasteiger charge is -2.23. The summed E-state index contributed by atoms with van der Waals surface area (Å²) in [6, 6.07) is 4.95. The third-order valence-electron chi connectivity index (χ3n) is 4.00. The predicted molar refractivity (Wildman–Crippen MR) is 82.2 cm³/mol. The highest BCUT2D eigenvalue weighted by atomic mass is 16.5. The molecule has 1 aliphatic heterocycles. The van der Waals surface area contributed by atoms with E-state index in [2.05, 4.69) is 10.2 Å². The molecule has 7 nitrogen and oxygen atoms in total. The number of esters is 1. The van der Waals surface area contributed by atoms with Crippen LogP contribution in [0.4, 0.5) is 0 Å². The lowest BCUT2D eigenvalue weighted by atomic mass is 10.1. The number of nitrogens with zero attached hydrogens (tertiary/aromatic N) is 4. The largest absolute Gasteiger partial charge is 0.467 e. The molecule has 23 heavy (non-hydrogen) atoms. The molecular weight excluding hydrogens is 296 g/mol. The van der Waals surface area contributed by atoms with Crippen LogP contribution in [0.2, 0.25) is 0 Å². The Hall–Kier alpha value is -2.70. The molecule has 0 spiro atoms. The van der Waals surface area contributed by atoms with Gasteiger partial charge in [-0.25, -0.2) is 4.79 Å². The van der Waals surface area contributed by atoms with Crippen LogP contribution in [0, 0.1) is 6.92 Å². The van der Waals surface area contributed by atoms with E-state index in [9.17, 15) is 9.59 Å². The van der Waals surface area contributed by atoms with Crippen LogP contribution in [-0.2, 0) is 9.53 Å². The fraction of sp³-hybridized carbons (Fsp3) is 0.375. The molecule has 0 aliphatic carbocycles. The Morgan fingerprint density at radius 2 is 2.00 bits per heavy atom. The number of carbonyl (C=O) groups excluding carboxylic acids is 2. The van der Waals surface area contributed by atoms with Crippen molar-refractivity contribution in [1.29, 1.82) is 0 Å². The average Bonchev–Trinajstić information content (AvgIpc) is 3.24. The molecule has 0 N–H and O–H groups in total. The van der Waals surface area contributed by atoms with Crippen molar-refractivity contribution >= 4 is 11.9 Å². The van der Waals surface area contributed by atoms with Gasteiger partial charge in [0.25, 0.3) is 5.91 Å². The Bertz CT molecular complexity index is 727. The van der Waals surface area contributed by atoms with Crippen LogP contribution in [0.3, 0.4) is 0 Å². The van der Waals surface area contributed by atoms with Gasteiger partial charge in [-0.3, -0.25) is 4.79 Å². The molecule has 0 bridgehead atoms. The number of aromatic nitrogens is 3. The summed E-state index contributed by atoms with van der Waals surface area (Å²) >= 11 is 0. The van der Waals surface area contributed by atoms with Gasteiger partial charge in [-0.2, -0.15) is 15.0 Å². The zero-order chi connectivity index (χ0) is 16.4. The normalized spacial score (nSPS) is 17.3. The summed E-state index contributed by atoms with van der Waals surface area (Å²) in [5.74, 6) is -0.577. The molecule has 3 rings (SSSR count). The topological polar surface area (TPSA) is 77.3 Å². The van der Waals surface area contributed by atoms with E-state index in [4.69, 9.17) is 4.74 Å². The summed E-state index contributed by atoms with van der Waals surface area (Å²) < 4.78 is 4.81. The second kappa shape index (κ2) is 6.20. The molecule has 1 fully saturated rings. The first-order chi connectivity index (χ1) is 11.1. The van der Waals surface area contributed by atoms with Crippen LogP contribution in [-0.4, -0.2) is 51.5 Å². The second-order valence-electron chi connectivity index (χ2n) is 5.52. The summed E-state index contributed by atoms with van der Waals surface area (Å²) in [6.45, 7) is 2.48. The summed E-state index contributed by atoms with van der Waals surface area (Å²) in [4.78, 5) is 27.8. The van der Waals surface area contributed by atoms with Crippen molar-refractivity contribution in [2.24, 2.45) is 0 Å². The fourth-order valence-corrected chi connectivity index (χ4v) is 2.87. The molecule has 1 amide bonds. The number of ether oxygens (including phenoxy) is 1. The Balaban J connectivity index is 1.98. The van der Waals surface area contributed by atoms with Gasteiger partial charge < -0.3 is 9.64 Å². The fourth-order valence-electron chi connectivity index (χ4n) is 2.87. The van der Waals surface area contributed by atoms with Crippen molar-refractivity contribution < 1.29 is 14.3 Å². The molecule has 1 aromatic carbocycles. The van der Waals surface area contributed by atoms with Gasteiger partial charge in [0.05, 0.1) is 30.8 Å². The quantitative estimate of drug-likeness (QED) is 0.799. The number of likely N-dealkylation sites (tertiary alicyclic amines) is 1. The smallest absolute Gasteiger partial charge is 0.328 e. The number of hydrogen-bond acceptors (Lipinski definition) is 5. The molecule has 0 saturated carbocycles. The van der Waals surface area contributed by atoms with Crippen molar-refractivity contribution in [3.05, 3.63) is 41.7 Å². The van der Waals surface area contributed by atoms with Gasteiger partial charge in [0.1, 0.15) is 6.04 Å². The van der Waals surface area contributed by atoms with E-state index in [1.807, 2.05) is 19.1 Å². The number of carbonyl (C=O) groups is 2. The van der Waals surface area contributed by atoms with E-state index in [0.717, 1.165) is 12.0 Å². The van der Waals surface area contributed by atoms with E-state index in [-0.39, 0.29) is 11.9 Å². The first-order valence-electron chi connectivity index (χ1n) is 7.48. The number of hydrogen-bond donors (Lipinski definition) is 0. The molecule has 1 aliphatic rings. The summed E-state index contributed by atoms with van der Waals surface area (Å²) in [6.07, 6.45) is 4.53. The summed E-state index contributed by atoms with van der Waals surface area (Å²) in [7, 11) is 1.34. The first-order valence-corrected chi connectivity index (χ1v) is 7.48. The zero-order valence-electron chi connectivity index (χ0n) is 13.1. The van der Waals surface area contributed by atoms with E-state index in [1.54, 1.807) is 23.4 Å². The van der Waals surface area contributed by atoms with Crippen LogP contribution in [0.5, 0.6) is 0 Å². The zero-order valence-corrected chi connectivity index (χ0v) is 13.1. The maximum atomic E-state index is 13.0. The molecule has 120 valence electrons. The van der Waals surface area contributed by atoms with Crippen molar-refractivity contribution in [2.45, 2.75) is 25.8 Å². The molecular formula is C16H18N4O3. The summed E-state index contributed by atoms with van der Waals surface area (Å²) in [5, 5.41) is 8.22. The molecule has 1 saturated heterocycles. The van der Waals surface area contributed by atoms with Gasteiger partial charge in [0.15, 0.2) is 0 Å². The Morgan fingerprint density at radius 1 is 1.26 bits per heavy atom. The molecule has 1 atom stereocenters. The highest BCUT2D eigenvalue weighted by Gasteiger charge is 2.36. The van der Waals surface area contributed by atoms with E-state index in [0.29, 0.717) is 24.2 Å². The molecule has 7 heteroatoms. The molecule has 0 radical (unpaired) electrons. The Kier molecular flexibility index (Phi) is 4.10. The number of benzene rings is 1. The number of methoxy groups -OCH3 is 1. The third kappa shape index (κ3) is 2.81. The molecule has 2 aromatic rings. The Morgan fingerprint density at radius 3 is 2.70 bits per heavy atom. The van der Waals surface area contributed by atoms with E-state index >= 15 is 0 Å². The van der Waals surface area contributed by atoms with Crippen LogP contribution in [0.25, 0.3) is 5.69 Å². The minimum Gasteiger partial charge on any atom is -0.467 e. The lowest BCUT2D eigenvalue weighted by Crippen LogP contribution is -2.41. The van der Waals surface area contributed by atoms with E-state index < -0.39 is 6.04 Å². The third-order valence-corrected chi connectivity index (χ3v) is 4.00. The van der Waals surface area contributed by atoms with Crippen molar-refractivity contribution in [3.63, 3.8) is 0 Å². The number of amides is 1. The maximum absolute atomic E-state index is 13.0.